The second kappa shape index (κ2) is 14.3. The molecule has 4 N–H and O–H groups in total. The average molecular weight is 559 g/mol. The molecular weight excluding hydrogens is 521 g/mol. The fourth-order valence-corrected chi connectivity index (χ4v) is 5.26. The van der Waals surface area contributed by atoms with E-state index in [1.54, 1.807) is 32.0 Å². The number of nitrogens with one attached hydrogen (secondary N) is 2. The minimum atomic E-state index is -3.43. The Labute approximate surface area is 227 Å². The number of benzene rings is 2. The molecule has 36 heavy (non-hydrogen) atoms. The van der Waals surface area contributed by atoms with Gasteiger partial charge in [-0.3, -0.25) is 15.1 Å². The van der Waals surface area contributed by atoms with Crippen molar-refractivity contribution in [2.45, 2.75) is 45.6 Å². The van der Waals surface area contributed by atoms with E-state index in [9.17, 15) is 8.42 Å². The maximum absolute atomic E-state index is 12.8. The van der Waals surface area contributed by atoms with Gasteiger partial charge in [-0.15, -0.1) is 24.8 Å². The van der Waals surface area contributed by atoms with Gasteiger partial charge in [-0.25, -0.2) is 8.42 Å². The molecule has 0 atom stereocenters. The molecule has 3 rings (SSSR count). The molecule has 11 heteroatoms. The maximum Gasteiger partial charge on any atom is 0.234 e. The molecule has 0 spiro atoms. The standard InChI is InChI=1S/C25H35N5O3S.2ClH/c1-3-34(31,32)30(15-5-7-20-6-4-8-21(18-20)25(27)28)22-9-11-23(12-10-22)33-24-13-16-29(17-14-24)19(2)26;;/h4,6,8-12,18,24,26H,3,5,7,13-17H2,1-2H3,(H3,27,28);2*1H. The first-order valence-electron chi connectivity index (χ1n) is 11.7. The number of aryl methyl sites for hydroxylation is 1. The van der Waals surface area contributed by atoms with Crippen molar-refractivity contribution >= 4 is 52.2 Å². The van der Waals surface area contributed by atoms with E-state index in [2.05, 4.69) is 0 Å². The Kier molecular flexibility index (Phi) is 12.5. The van der Waals surface area contributed by atoms with Gasteiger partial charge < -0.3 is 15.4 Å². The van der Waals surface area contributed by atoms with Crippen molar-refractivity contribution < 1.29 is 13.2 Å². The van der Waals surface area contributed by atoms with Crippen molar-refractivity contribution in [2.24, 2.45) is 5.73 Å². The number of sulfonamides is 1. The summed E-state index contributed by atoms with van der Waals surface area (Å²) in [7, 11) is -3.43. The zero-order valence-corrected chi connectivity index (χ0v) is 23.2. The summed E-state index contributed by atoms with van der Waals surface area (Å²) in [6.45, 7) is 5.45. The number of piperidine rings is 1. The van der Waals surface area contributed by atoms with Crippen LogP contribution >= 0.6 is 24.8 Å². The number of nitrogens with zero attached hydrogens (tertiary/aromatic N) is 2. The summed E-state index contributed by atoms with van der Waals surface area (Å²) in [6, 6.07) is 14.8. The number of ether oxygens (including phenoxy) is 1. The van der Waals surface area contributed by atoms with Crippen LogP contribution in [-0.4, -0.2) is 56.5 Å². The third kappa shape index (κ3) is 8.57. The Morgan fingerprint density at radius 1 is 1.11 bits per heavy atom. The number of nitrogen functional groups attached to an aromatic ring is 1. The van der Waals surface area contributed by atoms with Gasteiger partial charge in [0.05, 0.1) is 17.3 Å². The summed E-state index contributed by atoms with van der Waals surface area (Å²) in [5.74, 6) is 1.36. The number of anilines is 1. The van der Waals surface area contributed by atoms with Crippen LogP contribution in [0.4, 0.5) is 5.69 Å². The summed E-state index contributed by atoms with van der Waals surface area (Å²) < 4.78 is 33.2. The maximum atomic E-state index is 12.8. The fourth-order valence-electron chi connectivity index (χ4n) is 4.10. The number of halogens is 2. The fraction of sp³-hybridized carbons (Fsp3) is 0.440. The largest absolute Gasteiger partial charge is 0.490 e. The van der Waals surface area contributed by atoms with Gasteiger partial charge >= 0.3 is 0 Å². The highest BCUT2D eigenvalue weighted by Crippen LogP contribution is 2.25. The van der Waals surface area contributed by atoms with Crippen LogP contribution in [0.3, 0.4) is 0 Å². The van der Waals surface area contributed by atoms with E-state index in [0.717, 1.165) is 37.2 Å². The van der Waals surface area contributed by atoms with Crippen molar-refractivity contribution in [1.82, 2.24) is 4.90 Å². The minimum Gasteiger partial charge on any atom is -0.490 e. The molecule has 1 saturated heterocycles. The monoisotopic (exact) mass is 557 g/mol. The smallest absolute Gasteiger partial charge is 0.234 e. The lowest BCUT2D eigenvalue weighted by atomic mass is 10.1. The third-order valence-electron chi connectivity index (χ3n) is 6.11. The molecule has 0 aromatic heterocycles. The number of nitrogens with two attached hydrogens (primary N) is 1. The van der Waals surface area contributed by atoms with Crippen LogP contribution in [0.25, 0.3) is 0 Å². The lowest BCUT2D eigenvalue weighted by Crippen LogP contribution is -2.40. The van der Waals surface area contributed by atoms with E-state index < -0.39 is 10.0 Å². The zero-order valence-electron chi connectivity index (χ0n) is 20.8. The highest BCUT2D eigenvalue weighted by Gasteiger charge is 2.22. The van der Waals surface area contributed by atoms with Crippen molar-refractivity contribution in [3.05, 3.63) is 59.7 Å². The number of rotatable bonds is 10. The first-order valence-corrected chi connectivity index (χ1v) is 13.3. The Balaban J connectivity index is 0.00000324. The zero-order chi connectivity index (χ0) is 24.7. The highest BCUT2D eigenvalue weighted by molar-refractivity contribution is 7.92. The Morgan fingerprint density at radius 3 is 2.31 bits per heavy atom. The van der Waals surface area contributed by atoms with E-state index in [0.29, 0.717) is 36.5 Å². The second-order valence-corrected chi connectivity index (χ2v) is 10.8. The van der Waals surface area contributed by atoms with Crippen LogP contribution in [0.15, 0.2) is 48.5 Å². The van der Waals surface area contributed by atoms with E-state index in [1.165, 1.54) is 4.31 Å². The number of hydrogen-bond donors (Lipinski definition) is 3. The van der Waals surface area contributed by atoms with E-state index in [4.69, 9.17) is 21.3 Å². The number of hydrogen-bond acceptors (Lipinski definition) is 5. The van der Waals surface area contributed by atoms with Crippen LogP contribution in [0.1, 0.15) is 44.2 Å². The molecule has 8 nitrogen and oxygen atoms in total. The predicted molar refractivity (Wildman–Crippen MR) is 152 cm³/mol. The quantitative estimate of drug-likeness (QED) is 0.294. The van der Waals surface area contributed by atoms with Crippen molar-refractivity contribution in [3.8, 4) is 5.75 Å². The molecule has 200 valence electrons. The number of likely N-dealkylation sites (tertiary alicyclic amines) is 1. The van der Waals surface area contributed by atoms with Crippen LogP contribution in [0.5, 0.6) is 5.75 Å². The molecule has 1 fully saturated rings. The van der Waals surface area contributed by atoms with Crippen LogP contribution in [-0.2, 0) is 16.4 Å². The van der Waals surface area contributed by atoms with Gasteiger partial charge in [0.15, 0.2) is 0 Å². The van der Waals surface area contributed by atoms with Gasteiger partial charge in [-0.1, -0.05) is 18.2 Å². The first-order chi connectivity index (χ1) is 16.2. The van der Waals surface area contributed by atoms with Crippen molar-refractivity contribution in [1.29, 1.82) is 10.8 Å². The lowest BCUT2D eigenvalue weighted by molar-refractivity contribution is 0.130. The molecule has 0 radical (unpaired) electrons. The molecule has 1 heterocycles. The summed E-state index contributed by atoms with van der Waals surface area (Å²) in [6.07, 6.45) is 3.15. The third-order valence-corrected chi connectivity index (χ3v) is 7.90. The van der Waals surface area contributed by atoms with Gasteiger partial charge in [-0.05, 0) is 62.6 Å². The highest BCUT2D eigenvalue weighted by atomic mass is 35.5. The molecular formula is C25H37Cl2N5O3S. The molecule has 2 aromatic rings. The molecule has 1 aliphatic heterocycles. The summed E-state index contributed by atoms with van der Waals surface area (Å²) in [5.41, 5.74) is 7.89. The van der Waals surface area contributed by atoms with Gasteiger partial charge in [0.2, 0.25) is 10.0 Å². The topological polar surface area (TPSA) is 124 Å². The second-order valence-electron chi connectivity index (χ2n) is 8.57. The predicted octanol–water partition coefficient (Wildman–Crippen LogP) is 4.44. The molecule has 1 aliphatic rings. The number of amidine groups is 2. The molecule has 0 bridgehead atoms. The SMILES string of the molecule is CCS(=O)(=O)N(CCCc1cccc(C(=N)N)c1)c1ccc(OC2CCN(C(C)=N)CC2)cc1.Cl.Cl. The minimum absolute atomic E-state index is 0. The Hall–Kier alpha value is -2.49. The first kappa shape index (κ1) is 31.5. The van der Waals surface area contributed by atoms with E-state index in [-0.39, 0.29) is 42.5 Å². The van der Waals surface area contributed by atoms with Gasteiger partial charge in [0.1, 0.15) is 17.7 Å². The lowest BCUT2D eigenvalue weighted by Gasteiger charge is -2.33. The molecule has 2 aromatic carbocycles. The van der Waals surface area contributed by atoms with Crippen LogP contribution in [0, 0.1) is 10.8 Å². The van der Waals surface area contributed by atoms with Crippen molar-refractivity contribution in [2.75, 3.05) is 29.7 Å². The summed E-state index contributed by atoms with van der Waals surface area (Å²) >= 11 is 0. The molecule has 0 unspecified atom stereocenters. The Bertz CT molecular complexity index is 1100. The van der Waals surface area contributed by atoms with Gasteiger partial charge in [-0.2, -0.15) is 0 Å². The average Bonchev–Trinajstić information content (AvgIpc) is 2.83. The molecule has 0 amide bonds. The Morgan fingerprint density at radius 2 is 1.75 bits per heavy atom. The summed E-state index contributed by atoms with van der Waals surface area (Å²) in [4.78, 5) is 2.05. The van der Waals surface area contributed by atoms with Crippen LogP contribution < -0.4 is 14.8 Å². The van der Waals surface area contributed by atoms with Crippen LogP contribution in [0.2, 0.25) is 0 Å². The van der Waals surface area contributed by atoms with Gasteiger partial charge in [0.25, 0.3) is 0 Å². The molecule has 0 aliphatic carbocycles. The summed E-state index contributed by atoms with van der Waals surface area (Å²) in [5, 5.41) is 15.3. The van der Waals surface area contributed by atoms with E-state index in [1.807, 2.05) is 35.2 Å². The van der Waals surface area contributed by atoms with E-state index >= 15 is 0 Å². The van der Waals surface area contributed by atoms with Crippen molar-refractivity contribution in [3.63, 3.8) is 0 Å². The normalized spacial score (nSPS) is 13.8. The van der Waals surface area contributed by atoms with Gasteiger partial charge in [0, 0.05) is 38.0 Å². The molecule has 0 saturated carbocycles.